The Bertz CT molecular complexity index is 509. The summed E-state index contributed by atoms with van der Waals surface area (Å²) < 4.78 is 0. The van der Waals surface area contributed by atoms with E-state index in [-0.39, 0.29) is 5.91 Å². The second-order valence-corrected chi connectivity index (χ2v) is 4.84. The topological polar surface area (TPSA) is 80.9 Å². The maximum atomic E-state index is 11.8. The molecule has 2 heterocycles. The molecule has 0 aliphatic carbocycles. The molecule has 5 nitrogen and oxygen atoms in total. The largest absolute Gasteiger partial charge is 0.349 e. The van der Waals surface area contributed by atoms with Crippen LogP contribution < -0.4 is 11.1 Å². The fourth-order valence-electron chi connectivity index (χ4n) is 1.40. The van der Waals surface area contributed by atoms with E-state index in [0.29, 0.717) is 12.2 Å². The van der Waals surface area contributed by atoms with Crippen LogP contribution in [0.2, 0.25) is 0 Å². The molecule has 3 N–H and O–H groups in total. The molecule has 0 radical (unpaired) electrons. The van der Waals surface area contributed by atoms with Gasteiger partial charge in [-0.05, 0) is 18.4 Å². The number of rotatable bonds is 4. The Morgan fingerprint density at radius 2 is 2.33 bits per heavy atom. The van der Waals surface area contributed by atoms with Gasteiger partial charge < -0.3 is 11.1 Å². The number of nitrogens with zero attached hydrogens (tertiary/aromatic N) is 2. The van der Waals surface area contributed by atoms with E-state index in [1.54, 1.807) is 12.4 Å². The maximum Gasteiger partial charge on any atom is 0.242 e. The van der Waals surface area contributed by atoms with Crippen molar-refractivity contribution in [2.24, 2.45) is 5.73 Å². The van der Waals surface area contributed by atoms with Gasteiger partial charge in [0.25, 0.3) is 0 Å². The van der Waals surface area contributed by atoms with Crippen molar-refractivity contribution in [3.8, 4) is 0 Å². The van der Waals surface area contributed by atoms with Gasteiger partial charge in [0.2, 0.25) is 5.91 Å². The molecule has 0 aliphatic heterocycles. The second kappa shape index (κ2) is 5.70. The predicted octanol–water partition coefficient (Wildman–Crippen LogP) is 1.16. The number of aryl methyl sites for hydroxylation is 1. The lowest BCUT2D eigenvalue weighted by atomic mass is 10.2. The van der Waals surface area contributed by atoms with E-state index in [1.807, 2.05) is 24.4 Å². The van der Waals surface area contributed by atoms with Crippen LogP contribution in [0.3, 0.4) is 0 Å². The molecular weight excluding hydrogens is 248 g/mol. The minimum Gasteiger partial charge on any atom is -0.349 e. The standard InChI is InChI=1S/C12H14N4OS/c1-8-5-15-9(6-14-8)7-16-12(17)11(13)10-3-2-4-18-10/h2-6,11H,7,13H2,1H3,(H,16,17). The summed E-state index contributed by atoms with van der Waals surface area (Å²) in [6.45, 7) is 2.20. The van der Waals surface area contributed by atoms with Gasteiger partial charge in [-0.3, -0.25) is 14.8 Å². The van der Waals surface area contributed by atoms with Crippen LogP contribution in [0.25, 0.3) is 0 Å². The summed E-state index contributed by atoms with van der Waals surface area (Å²) in [4.78, 5) is 20.9. The Kier molecular flexibility index (Phi) is 4.01. The van der Waals surface area contributed by atoms with Gasteiger partial charge in [-0.25, -0.2) is 0 Å². The number of hydrogen-bond donors (Lipinski definition) is 2. The molecule has 2 aromatic heterocycles. The lowest BCUT2D eigenvalue weighted by Gasteiger charge is -2.10. The van der Waals surface area contributed by atoms with Gasteiger partial charge in [0.15, 0.2) is 0 Å². The molecule has 18 heavy (non-hydrogen) atoms. The van der Waals surface area contributed by atoms with Crippen molar-refractivity contribution >= 4 is 17.2 Å². The zero-order valence-corrected chi connectivity index (χ0v) is 10.8. The number of nitrogens with two attached hydrogens (primary N) is 1. The Balaban J connectivity index is 1.90. The number of nitrogens with one attached hydrogen (secondary N) is 1. The molecule has 0 aliphatic rings. The number of thiophene rings is 1. The van der Waals surface area contributed by atoms with E-state index in [9.17, 15) is 4.79 Å². The summed E-state index contributed by atoms with van der Waals surface area (Å²) in [5.41, 5.74) is 7.40. The molecule has 2 rings (SSSR count). The van der Waals surface area contributed by atoms with Gasteiger partial charge in [-0.1, -0.05) is 6.07 Å². The first-order valence-electron chi connectivity index (χ1n) is 5.51. The van der Waals surface area contributed by atoms with Gasteiger partial charge in [-0.15, -0.1) is 11.3 Å². The van der Waals surface area contributed by atoms with Gasteiger partial charge >= 0.3 is 0 Å². The van der Waals surface area contributed by atoms with Crippen molar-refractivity contribution in [1.29, 1.82) is 0 Å². The van der Waals surface area contributed by atoms with E-state index >= 15 is 0 Å². The van der Waals surface area contributed by atoms with E-state index < -0.39 is 6.04 Å². The maximum absolute atomic E-state index is 11.8. The second-order valence-electron chi connectivity index (χ2n) is 3.86. The number of hydrogen-bond acceptors (Lipinski definition) is 5. The van der Waals surface area contributed by atoms with Gasteiger partial charge in [0.1, 0.15) is 6.04 Å². The first-order valence-corrected chi connectivity index (χ1v) is 6.39. The highest BCUT2D eigenvalue weighted by molar-refractivity contribution is 7.10. The minimum atomic E-state index is -0.622. The van der Waals surface area contributed by atoms with Crippen molar-refractivity contribution in [3.05, 3.63) is 46.2 Å². The molecule has 1 unspecified atom stereocenters. The highest BCUT2D eigenvalue weighted by Crippen LogP contribution is 2.16. The van der Waals surface area contributed by atoms with Crippen LogP contribution in [-0.4, -0.2) is 15.9 Å². The molecule has 94 valence electrons. The Morgan fingerprint density at radius 1 is 1.50 bits per heavy atom. The highest BCUT2D eigenvalue weighted by atomic mass is 32.1. The molecule has 1 amide bonds. The highest BCUT2D eigenvalue weighted by Gasteiger charge is 2.16. The van der Waals surface area contributed by atoms with Crippen molar-refractivity contribution in [3.63, 3.8) is 0 Å². The van der Waals surface area contributed by atoms with Crippen molar-refractivity contribution in [1.82, 2.24) is 15.3 Å². The van der Waals surface area contributed by atoms with Crippen LogP contribution in [0.15, 0.2) is 29.9 Å². The summed E-state index contributed by atoms with van der Waals surface area (Å²) in [5.74, 6) is -0.208. The summed E-state index contributed by atoms with van der Waals surface area (Å²) in [6, 6.07) is 3.10. The summed E-state index contributed by atoms with van der Waals surface area (Å²) in [6.07, 6.45) is 3.31. The van der Waals surface area contributed by atoms with Crippen LogP contribution in [-0.2, 0) is 11.3 Å². The first-order chi connectivity index (χ1) is 8.66. The predicted molar refractivity (Wildman–Crippen MR) is 69.9 cm³/mol. The Hall–Kier alpha value is -1.79. The van der Waals surface area contributed by atoms with Crippen LogP contribution >= 0.6 is 11.3 Å². The Labute approximate surface area is 109 Å². The van der Waals surface area contributed by atoms with Crippen LogP contribution in [0, 0.1) is 6.92 Å². The average molecular weight is 262 g/mol. The van der Waals surface area contributed by atoms with E-state index in [1.165, 1.54) is 11.3 Å². The van der Waals surface area contributed by atoms with Crippen LogP contribution in [0.5, 0.6) is 0 Å². The third-order valence-electron chi connectivity index (χ3n) is 2.41. The zero-order chi connectivity index (χ0) is 13.0. The first kappa shape index (κ1) is 12.7. The number of carbonyl (C=O) groups is 1. The quantitative estimate of drug-likeness (QED) is 0.866. The molecule has 6 heteroatoms. The van der Waals surface area contributed by atoms with E-state index in [2.05, 4.69) is 15.3 Å². The lowest BCUT2D eigenvalue weighted by molar-refractivity contribution is -0.122. The normalized spacial score (nSPS) is 12.1. The fourth-order valence-corrected chi connectivity index (χ4v) is 2.12. The SMILES string of the molecule is Cc1cnc(CNC(=O)C(N)c2cccs2)cn1. The third-order valence-corrected chi connectivity index (χ3v) is 3.37. The van der Waals surface area contributed by atoms with E-state index in [4.69, 9.17) is 5.73 Å². The number of aromatic nitrogens is 2. The third kappa shape index (κ3) is 3.12. The van der Waals surface area contributed by atoms with Gasteiger partial charge in [0, 0.05) is 11.1 Å². The molecule has 0 fully saturated rings. The molecule has 2 aromatic rings. The smallest absolute Gasteiger partial charge is 0.242 e. The summed E-state index contributed by atoms with van der Waals surface area (Å²) in [5, 5.41) is 4.64. The Morgan fingerprint density at radius 3 is 2.94 bits per heavy atom. The van der Waals surface area contributed by atoms with E-state index in [0.717, 1.165) is 10.6 Å². The molecule has 0 saturated heterocycles. The summed E-state index contributed by atoms with van der Waals surface area (Å²) in [7, 11) is 0. The average Bonchev–Trinajstić information content (AvgIpc) is 2.90. The van der Waals surface area contributed by atoms with Crippen molar-refractivity contribution < 1.29 is 4.79 Å². The molecule has 0 saturated carbocycles. The monoisotopic (exact) mass is 262 g/mol. The van der Waals surface area contributed by atoms with Gasteiger partial charge in [-0.2, -0.15) is 0 Å². The van der Waals surface area contributed by atoms with Crippen LogP contribution in [0.4, 0.5) is 0 Å². The van der Waals surface area contributed by atoms with Gasteiger partial charge in [0.05, 0.1) is 24.1 Å². The molecule has 0 bridgehead atoms. The van der Waals surface area contributed by atoms with Crippen molar-refractivity contribution in [2.45, 2.75) is 19.5 Å². The number of carbonyl (C=O) groups excluding carboxylic acids is 1. The molecular formula is C12H14N4OS. The molecule has 0 spiro atoms. The molecule has 0 aromatic carbocycles. The zero-order valence-electron chi connectivity index (χ0n) is 9.96. The van der Waals surface area contributed by atoms with Crippen LogP contribution in [0.1, 0.15) is 22.3 Å². The molecule has 1 atom stereocenters. The summed E-state index contributed by atoms with van der Waals surface area (Å²) >= 11 is 1.47. The van der Waals surface area contributed by atoms with Crippen molar-refractivity contribution in [2.75, 3.05) is 0 Å². The minimum absolute atomic E-state index is 0.208. The number of amides is 1. The fraction of sp³-hybridized carbons (Fsp3) is 0.250. The lowest BCUT2D eigenvalue weighted by Crippen LogP contribution is -2.33.